The molecule has 2 N–H and O–H groups in total. The molecule has 0 saturated carbocycles. The third-order valence-electron chi connectivity index (χ3n) is 2.97. The Bertz CT molecular complexity index is 932. The SMILES string of the molecule is O=S1(=O)N=CNc2ccc(S(=O)(=O)NCc3cccs3)cc21. The highest BCUT2D eigenvalue weighted by Gasteiger charge is 2.24. The lowest BCUT2D eigenvalue weighted by Gasteiger charge is -2.13. The quantitative estimate of drug-likeness (QED) is 0.860. The van der Waals surface area contributed by atoms with Crippen LogP contribution >= 0.6 is 11.3 Å². The lowest BCUT2D eigenvalue weighted by molar-refractivity contribution is 0.581. The van der Waals surface area contributed by atoms with E-state index >= 15 is 0 Å². The van der Waals surface area contributed by atoms with E-state index in [1.54, 1.807) is 0 Å². The summed E-state index contributed by atoms with van der Waals surface area (Å²) in [6, 6.07) is 7.48. The average Bonchev–Trinajstić information content (AvgIpc) is 2.98. The largest absolute Gasteiger partial charge is 0.345 e. The zero-order valence-corrected chi connectivity index (χ0v) is 13.5. The molecule has 0 spiro atoms. The molecule has 0 aliphatic carbocycles. The second-order valence-corrected chi connectivity index (χ2v) is 8.82. The Morgan fingerprint density at radius 3 is 2.82 bits per heavy atom. The van der Waals surface area contributed by atoms with Gasteiger partial charge >= 0.3 is 0 Å². The number of hydrogen-bond donors (Lipinski definition) is 2. The number of hydrogen-bond acceptors (Lipinski definition) is 6. The van der Waals surface area contributed by atoms with Crippen molar-refractivity contribution in [3.8, 4) is 0 Å². The first-order valence-corrected chi connectivity index (χ1v) is 9.90. The first-order chi connectivity index (χ1) is 10.4. The van der Waals surface area contributed by atoms with Gasteiger partial charge < -0.3 is 5.32 Å². The van der Waals surface area contributed by atoms with Crippen LogP contribution in [-0.2, 0) is 26.6 Å². The Morgan fingerprint density at radius 1 is 1.27 bits per heavy atom. The summed E-state index contributed by atoms with van der Waals surface area (Å²) in [5, 5.41) is 4.51. The summed E-state index contributed by atoms with van der Waals surface area (Å²) in [5.41, 5.74) is 0.298. The number of fused-ring (bicyclic) bond motifs is 1. The lowest BCUT2D eigenvalue weighted by atomic mass is 10.3. The molecule has 0 saturated heterocycles. The van der Waals surface area contributed by atoms with Gasteiger partial charge in [0.15, 0.2) is 0 Å². The molecule has 10 heteroatoms. The number of benzene rings is 1. The van der Waals surface area contributed by atoms with Crippen LogP contribution in [0, 0.1) is 0 Å². The molecule has 1 aromatic carbocycles. The van der Waals surface area contributed by atoms with Gasteiger partial charge in [-0.1, -0.05) is 6.07 Å². The van der Waals surface area contributed by atoms with E-state index < -0.39 is 20.0 Å². The summed E-state index contributed by atoms with van der Waals surface area (Å²) < 4.78 is 54.0. The summed E-state index contributed by atoms with van der Waals surface area (Å²) in [5.74, 6) is 0. The Balaban J connectivity index is 1.92. The van der Waals surface area contributed by atoms with Crippen LogP contribution in [0.1, 0.15) is 4.88 Å². The van der Waals surface area contributed by atoms with Crippen LogP contribution in [0.2, 0.25) is 0 Å². The standard InChI is InChI=1S/C12H11N3O4S3/c16-21(17,14-7-9-2-1-5-20-9)10-3-4-11-12(6-10)22(18,19)15-8-13-11/h1-6,8,14H,7H2,(H,13,15). The summed E-state index contributed by atoms with van der Waals surface area (Å²) in [4.78, 5) is 0.583. The molecule has 1 aliphatic heterocycles. The molecule has 0 amide bonds. The van der Waals surface area contributed by atoms with Crippen LogP contribution in [0.25, 0.3) is 0 Å². The van der Waals surface area contributed by atoms with Crippen LogP contribution in [0.4, 0.5) is 5.69 Å². The normalized spacial score (nSPS) is 16.0. The molecule has 2 aromatic rings. The Hall–Kier alpha value is -1.75. The second-order valence-electron chi connectivity index (χ2n) is 4.42. The van der Waals surface area contributed by atoms with Gasteiger partial charge in [0.2, 0.25) is 10.0 Å². The molecule has 116 valence electrons. The highest BCUT2D eigenvalue weighted by Crippen LogP contribution is 2.28. The average molecular weight is 357 g/mol. The van der Waals surface area contributed by atoms with Gasteiger partial charge in [0.05, 0.1) is 10.6 Å². The number of rotatable bonds is 4. The Labute approximate surface area is 131 Å². The predicted molar refractivity (Wildman–Crippen MR) is 84.1 cm³/mol. The minimum atomic E-state index is -3.87. The smallest absolute Gasteiger partial charge is 0.285 e. The molecule has 0 atom stereocenters. The zero-order valence-electron chi connectivity index (χ0n) is 11.1. The van der Waals surface area contributed by atoms with E-state index in [9.17, 15) is 16.8 Å². The van der Waals surface area contributed by atoms with Crippen LogP contribution in [-0.4, -0.2) is 23.2 Å². The van der Waals surface area contributed by atoms with Gasteiger partial charge in [0, 0.05) is 11.4 Å². The number of anilines is 1. The van der Waals surface area contributed by atoms with Gasteiger partial charge in [0.25, 0.3) is 10.0 Å². The molecule has 3 rings (SSSR count). The molecule has 0 fully saturated rings. The maximum Gasteiger partial charge on any atom is 0.285 e. The third-order valence-corrected chi connectivity index (χ3v) is 6.52. The minimum absolute atomic E-state index is 0.120. The van der Waals surface area contributed by atoms with E-state index in [1.807, 2.05) is 17.5 Å². The van der Waals surface area contributed by atoms with E-state index in [-0.39, 0.29) is 16.3 Å². The van der Waals surface area contributed by atoms with Gasteiger partial charge in [-0.15, -0.1) is 15.7 Å². The van der Waals surface area contributed by atoms with E-state index in [0.29, 0.717) is 5.69 Å². The molecule has 0 bridgehead atoms. The minimum Gasteiger partial charge on any atom is -0.345 e. The highest BCUT2D eigenvalue weighted by molar-refractivity contribution is 7.91. The van der Waals surface area contributed by atoms with Gasteiger partial charge in [0.1, 0.15) is 11.2 Å². The zero-order chi connectivity index (χ0) is 15.8. The molecule has 0 unspecified atom stereocenters. The Morgan fingerprint density at radius 2 is 2.09 bits per heavy atom. The molecule has 2 heterocycles. The molecule has 1 aliphatic rings. The van der Waals surface area contributed by atoms with Crippen LogP contribution in [0.15, 0.2) is 49.9 Å². The molecule has 1 aromatic heterocycles. The van der Waals surface area contributed by atoms with Gasteiger partial charge in [-0.05, 0) is 29.6 Å². The molecular formula is C12H11N3O4S3. The van der Waals surface area contributed by atoms with E-state index in [4.69, 9.17) is 0 Å². The second kappa shape index (κ2) is 5.47. The summed E-state index contributed by atoms with van der Waals surface area (Å²) in [6.45, 7) is 0.153. The fraction of sp³-hybridized carbons (Fsp3) is 0.0833. The first kappa shape index (κ1) is 15.2. The van der Waals surface area contributed by atoms with Crippen LogP contribution in [0.5, 0.6) is 0 Å². The van der Waals surface area contributed by atoms with Crippen molar-refractivity contribution in [3.05, 3.63) is 40.6 Å². The van der Waals surface area contributed by atoms with Crippen LogP contribution < -0.4 is 10.0 Å². The van der Waals surface area contributed by atoms with Crippen molar-refractivity contribution < 1.29 is 16.8 Å². The maximum absolute atomic E-state index is 12.3. The summed E-state index contributed by atoms with van der Waals surface area (Å²) in [7, 11) is -7.67. The van der Waals surface area contributed by atoms with Gasteiger partial charge in [-0.2, -0.15) is 8.42 Å². The van der Waals surface area contributed by atoms with Gasteiger partial charge in [-0.3, -0.25) is 0 Å². The molecule has 22 heavy (non-hydrogen) atoms. The van der Waals surface area contributed by atoms with E-state index in [2.05, 4.69) is 14.4 Å². The number of thiophene rings is 1. The van der Waals surface area contributed by atoms with E-state index in [1.165, 1.54) is 23.5 Å². The topological polar surface area (TPSA) is 105 Å². The van der Waals surface area contributed by atoms with E-state index in [0.717, 1.165) is 17.3 Å². The van der Waals surface area contributed by atoms with Crippen molar-refractivity contribution in [3.63, 3.8) is 0 Å². The molecule has 0 radical (unpaired) electrons. The van der Waals surface area contributed by atoms with Crippen LogP contribution in [0.3, 0.4) is 0 Å². The summed E-state index contributed by atoms with van der Waals surface area (Å²) in [6.07, 6.45) is 1.06. The van der Waals surface area contributed by atoms with Crippen molar-refractivity contribution in [2.24, 2.45) is 4.40 Å². The molecule has 7 nitrogen and oxygen atoms in total. The molecular weight excluding hydrogens is 346 g/mol. The predicted octanol–water partition coefficient (Wildman–Crippen LogP) is 1.37. The number of sulfonamides is 2. The Kier molecular flexibility index (Phi) is 3.77. The first-order valence-electron chi connectivity index (χ1n) is 6.10. The summed E-state index contributed by atoms with van der Waals surface area (Å²) >= 11 is 1.43. The van der Waals surface area contributed by atoms with Crippen molar-refractivity contribution in [2.75, 3.05) is 5.32 Å². The number of nitrogens with zero attached hydrogens (tertiary/aromatic N) is 1. The third kappa shape index (κ3) is 2.90. The highest BCUT2D eigenvalue weighted by atomic mass is 32.2. The lowest BCUT2D eigenvalue weighted by Crippen LogP contribution is -2.23. The van der Waals surface area contributed by atoms with Gasteiger partial charge in [-0.25, -0.2) is 13.1 Å². The van der Waals surface area contributed by atoms with Crippen molar-refractivity contribution in [1.82, 2.24) is 4.72 Å². The number of nitrogens with one attached hydrogen (secondary N) is 2. The van der Waals surface area contributed by atoms with Crippen molar-refractivity contribution in [1.29, 1.82) is 0 Å². The monoisotopic (exact) mass is 357 g/mol. The fourth-order valence-electron chi connectivity index (χ4n) is 1.89. The fourth-order valence-corrected chi connectivity index (χ4v) is 4.72. The maximum atomic E-state index is 12.3. The van der Waals surface area contributed by atoms with Crippen molar-refractivity contribution in [2.45, 2.75) is 16.3 Å². The van der Waals surface area contributed by atoms with Crippen molar-refractivity contribution >= 4 is 43.4 Å².